The van der Waals surface area contributed by atoms with E-state index in [1.807, 2.05) is 23.1 Å². The van der Waals surface area contributed by atoms with Crippen LogP contribution in [0.3, 0.4) is 0 Å². The molecule has 19 heavy (non-hydrogen) atoms. The summed E-state index contributed by atoms with van der Waals surface area (Å²) in [5.41, 5.74) is 9.02. The van der Waals surface area contributed by atoms with Gasteiger partial charge in [-0.1, -0.05) is 33.8 Å². The molecule has 1 aliphatic carbocycles. The van der Waals surface area contributed by atoms with Crippen molar-refractivity contribution in [3.8, 4) is 0 Å². The fraction of sp³-hybridized carbons (Fsp3) is 0.562. The lowest BCUT2D eigenvalue weighted by molar-refractivity contribution is -0.120. The first kappa shape index (κ1) is 12.5. The first-order valence-corrected chi connectivity index (χ1v) is 6.96. The molecule has 1 aliphatic heterocycles. The number of amides is 1. The quantitative estimate of drug-likeness (QED) is 0.787. The average Bonchev–Trinajstić information content (AvgIpc) is 2.63. The first-order valence-electron chi connectivity index (χ1n) is 6.96. The van der Waals surface area contributed by atoms with Gasteiger partial charge in [-0.25, -0.2) is 0 Å². The number of fused-ring (bicyclic) bond motifs is 1. The molecule has 1 aromatic rings. The van der Waals surface area contributed by atoms with E-state index >= 15 is 0 Å². The minimum absolute atomic E-state index is 0.0904. The Kier molecular flexibility index (Phi) is 2.32. The zero-order valence-corrected chi connectivity index (χ0v) is 12.2. The van der Waals surface area contributed by atoms with E-state index in [9.17, 15) is 4.79 Å². The SMILES string of the molecule is CC1(C)C(C(=O)N2CCc3ccc(N)cc32)C1(C)C. The zero-order valence-electron chi connectivity index (χ0n) is 12.2. The summed E-state index contributed by atoms with van der Waals surface area (Å²) < 4.78 is 0. The van der Waals surface area contributed by atoms with Gasteiger partial charge in [-0.2, -0.15) is 0 Å². The predicted molar refractivity (Wildman–Crippen MR) is 78.0 cm³/mol. The van der Waals surface area contributed by atoms with Crippen molar-refractivity contribution in [2.45, 2.75) is 34.1 Å². The Bertz CT molecular complexity index is 546. The summed E-state index contributed by atoms with van der Waals surface area (Å²) in [6.07, 6.45) is 0.939. The molecule has 2 N–H and O–H groups in total. The summed E-state index contributed by atoms with van der Waals surface area (Å²) in [5, 5.41) is 0. The molecule has 0 atom stereocenters. The Balaban J connectivity index is 1.91. The summed E-state index contributed by atoms with van der Waals surface area (Å²) >= 11 is 0. The van der Waals surface area contributed by atoms with Gasteiger partial charge in [0.25, 0.3) is 0 Å². The number of carbonyl (C=O) groups is 1. The lowest BCUT2D eigenvalue weighted by Gasteiger charge is -2.19. The highest BCUT2D eigenvalue weighted by molar-refractivity contribution is 6.00. The normalized spacial score (nSPS) is 23.3. The first-order chi connectivity index (χ1) is 8.76. The minimum atomic E-state index is 0.0904. The van der Waals surface area contributed by atoms with Gasteiger partial charge in [0, 0.05) is 23.8 Å². The molecule has 0 unspecified atom stereocenters. The molecule has 0 bridgehead atoms. The fourth-order valence-corrected chi connectivity index (χ4v) is 3.59. The van der Waals surface area contributed by atoms with Crippen LogP contribution in [-0.2, 0) is 11.2 Å². The summed E-state index contributed by atoms with van der Waals surface area (Å²) in [7, 11) is 0. The van der Waals surface area contributed by atoms with Gasteiger partial charge in [-0.3, -0.25) is 4.79 Å². The van der Waals surface area contributed by atoms with Crippen molar-refractivity contribution in [2.75, 3.05) is 17.2 Å². The van der Waals surface area contributed by atoms with Gasteiger partial charge >= 0.3 is 0 Å². The largest absolute Gasteiger partial charge is 0.399 e. The molecule has 3 nitrogen and oxygen atoms in total. The van der Waals surface area contributed by atoms with Gasteiger partial charge in [-0.15, -0.1) is 0 Å². The van der Waals surface area contributed by atoms with Crippen molar-refractivity contribution in [1.82, 2.24) is 0 Å². The van der Waals surface area contributed by atoms with E-state index in [4.69, 9.17) is 5.73 Å². The smallest absolute Gasteiger partial charge is 0.231 e. The Hall–Kier alpha value is -1.51. The maximum atomic E-state index is 12.8. The highest BCUT2D eigenvalue weighted by Crippen LogP contribution is 2.69. The minimum Gasteiger partial charge on any atom is -0.399 e. The van der Waals surface area contributed by atoms with Crippen LogP contribution in [-0.4, -0.2) is 12.5 Å². The van der Waals surface area contributed by atoms with Crippen molar-refractivity contribution >= 4 is 17.3 Å². The second-order valence-corrected chi connectivity index (χ2v) is 7.00. The zero-order chi connectivity index (χ0) is 14.0. The topological polar surface area (TPSA) is 46.3 Å². The molecule has 1 heterocycles. The molecule has 3 rings (SSSR count). The Morgan fingerprint density at radius 2 is 1.89 bits per heavy atom. The van der Waals surface area contributed by atoms with Crippen LogP contribution in [0.25, 0.3) is 0 Å². The van der Waals surface area contributed by atoms with Crippen molar-refractivity contribution < 1.29 is 4.79 Å². The lowest BCUT2D eigenvalue weighted by atomic mass is 10.0. The van der Waals surface area contributed by atoms with Crippen LogP contribution in [0, 0.1) is 16.7 Å². The second kappa shape index (κ2) is 3.53. The summed E-state index contributed by atoms with van der Waals surface area (Å²) in [5.74, 6) is 0.381. The maximum Gasteiger partial charge on any atom is 0.231 e. The van der Waals surface area contributed by atoms with Gasteiger partial charge in [0.1, 0.15) is 0 Å². The number of anilines is 2. The number of nitrogens with two attached hydrogens (primary N) is 1. The molecular formula is C16H22N2O. The number of hydrogen-bond acceptors (Lipinski definition) is 2. The van der Waals surface area contributed by atoms with E-state index in [-0.39, 0.29) is 22.7 Å². The van der Waals surface area contributed by atoms with Gasteiger partial charge in [0.2, 0.25) is 5.91 Å². The molecule has 0 saturated heterocycles. The average molecular weight is 258 g/mol. The number of carbonyl (C=O) groups excluding carboxylic acids is 1. The number of rotatable bonds is 1. The number of benzene rings is 1. The summed E-state index contributed by atoms with van der Waals surface area (Å²) in [4.78, 5) is 14.7. The monoisotopic (exact) mass is 258 g/mol. The van der Waals surface area contributed by atoms with Crippen LogP contribution in [0.1, 0.15) is 33.3 Å². The number of hydrogen-bond donors (Lipinski definition) is 1. The predicted octanol–water partition coefficient (Wildman–Crippen LogP) is 2.84. The van der Waals surface area contributed by atoms with E-state index in [1.165, 1.54) is 5.56 Å². The van der Waals surface area contributed by atoms with Crippen LogP contribution >= 0.6 is 0 Å². The van der Waals surface area contributed by atoms with Crippen LogP contribution in [0.4, 0.5) is 11.4 Å². The highest BCUT2D eigenvalue weighted by atomic mass is 16.2. The molecule has 0 radical (unpaired) electrons. The molecule has 3 heteroatoms. The molecule has 0 spiro atoms. The molecule has 2 aliphatic rings. The second-order valence-electron chi connectivity index (χ2n) is 7.00. The van der Waals surface area contributed by atoms with Gasteiger partial charge < -0.3 is 10.6 Å². The Labute approximate surface area is 114 Å². The van der Waals surface area contributed by atoms with E-state index in [2.05, 4.69) is 27.7 Å². The molecule has 1 aromatic carbocycles. The van der Waals surface area contributed by atoms with Crippen LogP contribution in [0.5, 0.6) is 0 Å². The van der Waals surface area contributed by atoms with E-state index < -0.39 is 0 Å². The van der Waals surface area contributed by atoms with Gasteiger partial charge in [0.05, 0.1) is 0 Å². The van der Waals surface area contributed by atoms with Crippen molar-refractivity contribution in [2.24, 2.45) is 16.7 Å². The number of nitrogens with zero attached hydrogens (tertiary/aromatic N) is 1. The molecular weight excluding hydrogens is 236 g/mol. The standard InChI is InChI=1S/C16H22N2O/c1-15(2)13(16(15,3)4)14(19)18-8-7-10-5-6-11(17)9-12(10)18/h5-6,9,13H,7-8,17H2,1-4H3. The van der Waals surface area contributed by atoms with Gasteiger partial charge in [-0.05, 0) is 34.9 Å². The third kappa shape index (κ3) is 1.54. The molecule has 1 fully saturated rings. The van der Waals surface area contributed by atoms with Crippen molar-refractivity contribution in [3.63, 3.8) is 0 Å². The van der Waals surface area contributed by atoms with Crippen molar-refractivity contribution in [1.29, 1.82) is 0 Å². The van der Waals surface area contributed by atoms with Crippen LogP contribution in [0.2, 0.25) is 0 Å². The summed E-state index contributed by atoms with van der Waals surface area (Å²) in [6.45, 7) is 9.54. The molecule has 102 valence electrons. The Morgan fingerprint density at radius 3 is 2.47 bits per heavy atom. The third-order valence-electron chi connectivity index (χ3n) is 5.54. The molecule has 1 amide bonds. The van der Waals surface area contributed by atoms with Gasteiger partial charge in [0.15, 0.2) is 0 Å². The van der Waals surface area contributed by atoms with E-state index in [0.717, 1.165) is 24.3 Å². The maximum absolute atomic E-state index is 12.8. The molecule has 1 saturated carbocycles. The van der Waals surface area contributed by atoms with E-state index in [1.54, 1.807) is 0 Å². The summed E-state index contributed by atoms with van der Waals surface area (Å²) in [6, 6.07) is 5.89. The Morgan fingerprint density at radius 1 is 1.26 bits per heavy atom. The lowest BCUT2D eigenvalue weighted by Crippen LogP contribution is -2.32. The highest BCUT2D eigenvalue weighted by Gasteiger charge is 2.69. The van der Waals surface area contributed by atoms with Crippen LogP contribution in [0.15, 0.2) is 18.2 Å². The van der Waals surface area contributed by atoms with Crippen molar-refractivity contribution in [3.05, 3.63) is 23.8 Å². The fourth-order valence-electron chi connectivity index (χ4n) is 3.59. The molecule has 0 aromatic heterocycles. The van der Waals surface area contributed by atoms with E-state index in [0.29, 0.717) is 0 Å². The third-order valence-corrected chi connectivity index (χ3v) is 5.54. The van der Waals surface area contributed by atoms with Crippen LogP contribution < -0.4 is 10.6 Å². The number of nitrogen functional groups attached to an aromatic ring is 1.